The molecule has 0 radical (unpaired) electrons. The second kappa shape index (κ2) is 6.91. The molecule has 0 aliphatic rings. The maximum atomic E-state index is 11.9. The van der Waals surface area contributed by atoms with E-state index in [4.69, 9.17) is 21.1 Å². The van der Waals surface area contributed by atoms with Crippen LogP contribution in [0.4, 0.5) is 0 Å². The zero-order chi connectivity index (χ0) is 14.4. The average Bonchev–Trinajstić information content (AvgIpc) is 2.48. The number of nitrogens with zero attached hydrogens (tertiary/aromatic N) is 1. The van der Waals surface area contributed by atoms with Gasteiger partial charge in [0.25, 0.3) is 0 Å². The molecule has 1 unspecified atom stereocenters. The Kier molecular flexibility index (Phi) is 4.96. The lowest BCUT2D eigenvalue weighted by atomic mass is 10.0. The van der Waals surface area contributed by atoms with Crippen LogP contribution in [0.15, 0.2) is 48.8 Å². The maximum absolute atomic E-state index is 11.9. The normalized spacial score (nSPS) is 11.7. The molecule has 2 aromatic rings. The van der Waals surface area contributed by atoms with Crippen LogP contribution < -0.4 is 4.74 Å². The molecule has 1 atom stereocenters. The molecule has 0 aliphatic carbocycles. The van der Waals surface area contributed by atoms with Crippen LogP contribution in [0, 0.1) is 0 Å². The van der Waals surface area contributed by atoms with E-state index in [1.54, 1.807) is 48.8 Å². The summed E-state index contributed by atoms with van der Waals surface area (Å²) >= 11 is 5.89. The fourth-order valence-electron chi connectivity index (χ4n) is 1.77. The molecule has 0 N–H and O–H groups in total. The van der Waals surface area contributed by atoms with Crippen molar-refractivity contribution in [3.63, 3.8) is 0 Å². The Labute approximate surface area is 122 Å². The van der Waals surface area contributed by atoms with Crippen molar-refractivity contribution < 1.29 is 14.3 Å². The van der Waals surface area contributed by atoms with Gasteiger partial charge in [0.05, 0.1) is 7.11 Å². The second-order valence-electron chi connectivity index (χ2n) is 4.12. The molecule has 0 aliphatic heterocycles. The fourth-order valence-corrected chi connectivity index (χ4v) is 1.95. The van der Waals surface area contributed by atoms with Crippen LogP contribution in [-0.4, -0.2) is 24.7 Å². The van der Waals surface area contributed by atoms with E-state index < -0.39 is 5.92 Å². The first-order chi connectivity index (χ1) is 9.70. The van der Waals surface area contributed by atoms with Crippen molar-refractivity contribution in [2.24, 2.45) is 0 Å². The van der Waals surface area contributed by atoms with E-state index in [-0.39, 0.29) is 12.6 Å². The highest BCUT2D eigenvalue weighted by Crippen LogP contribution is 2.21. The zero-order valence-corrected chi connectivity index (χ0v) is 11.7. The van der Waals surface area contributed by atoms with E-state index in [0.717, 1.165) is 5.56 Å². The van der Waals surface area contributed by atoms with Crippen LogP contribution in [0.1, 0.15) is 11.5 Å². The number of ether oxygens (including phenoxy) is 2. The highest BCUT2D eigenvalue weighted by Gasteiger charge is 2.22. The SMILES string of the molecule is COC(=O)C(COc1cccc(Cl)c1)c1ccncc1. The van der Waals surface area contributed by atoms with Crippen molar-refractivity contribution in [3.05, 3.63) is 59.4 Å². The molecule has 1 aromatic heterocycles. The molecule has 0 saturated heterocycles. The van der Waals surface area contributed by atoms with Gasteiger partial charge in [-0.15, -0.1) is 0 Å². The largest absolute Gasteiger partial charge is 0.492 e. The molecule has 4 nitrogen and oxygen atoms in total. The van der Waals surface area contributed by atoms with Crippen molar-refractivity contribution in [2.75, 3.05) is 13.7 Å². The van der Waals surface area contributed by atoms with Gasteiger partial charge in [-0.2, -0.15) is 0 Å². The van der Waals surface area contributed by atoms with Gasteiger partial charge in [-0.1, -0.05) is 17.7 Å². The molecular weight excluding hydrogens is 278 g/mol. The maximum Gasteiger partial charge on any atom is 0.316 e. The zero-order valence-electron chi connectivity index (χ0n) is 11.0. The Balaban J connectivity index is 2.11. The fraction of sp³-hybridized carbons (Fsp3) is 0.200. The first-order valence-corrected chi connectivity index (χ1v) is 6.44. The van der Waals surface area contributed by atoms with E-state index in [1.807, 2.05) is 0 Å². The number of rotatable bonds is 5. The number of pyridine rings is 1. The van der Waals surface area contributed by atoms with Gasteiger partial charge in [0.2, 0.25) is 0 Å². The summed E-state index contributed by atoms with van der Waals surface area (Å²) < 4.78 is 10.4. The number of esters is 1. The predicted octanol–water partition coefficient (Wildman–Crippen LogP) is 3.07. The number of methoxy groups -OCH3 is 1. The number of hydrogen-bond donors (Lipinski definition) is 0. The highest BCUT2D eigenvalue weighted by atomic mass is 35.5. The Bertz CT molecular complexity index is 574. The highest BCUT2D eigenvalue weighted by molar-refractivity contribution is 6.30. The van der Waals surface area contributed by atoms with Gasteiger partial charge >= 0.3 is 5.97 Å². The Morgan fingerprint density at radius 3 is 2.70 bits per heavy atom. The first-order valence-electron chi connectivity index (χ1n) is 6.07. The molecule has 1 aromatic carbocycles. The van der Waals surface area contributed by atoms with Crippen molar-refractivity contribution in [3.8, 4) is 5.75 Å². The minimum Gasteiger partial charge on any atom is -0.492 e. The van der Waals surface area contributed by atoms with Crippen molar-refractivity contribution >= 4 is 17.6 Å². The topological polar surface area (TPSA) is 48.4 Å². The monoisotopic (exact) mass is 291 g/mol. The lowest BCUT2D eigenvalue weighted by molar-refractivity contribution is -0.143. The number of hydrogen-bond acceptors (Lipinski definition) is 4. The van der Waals surface area contributed by atoms with Crippen molar-refractivity contribution in [1.29, 1.82) is 0 Å². The van der Waals surface area contributed by atoms with Crippen molar-refractivity contribution in [2.45, 2.75) is 5.92 Å². The molecule has 5 heteroatoms. The number of benzene rings is 1. The Hall–Kier alpha value is -2.07. The van der Waals surface area contributed by atoms with Gasteiger partial charge in [-0.3, -0.25) is 9.78 Å². The van der Waals surface area contributed by atoms with Crippen LogP contribution in [0.2, 0.25) is 5.02 Å². The Morgan fingerprint density at radius 2 is 2.05 bits per heavy atom. The number of aromatic nitrogens is 1. The van der Waals surface area contributed by atoms with Gasteiger partial charge in [0.1, 0.15) is 18.3 Å². The number of carbonyl (C=O) groups excluding carboxylic acids is 1. The smallest absolute Gasteiger partial charge is 0.316 e. The standard InChI is InChI=1S/C15H14ClNO3/c1-19-15(18)14(11-5-7-17-8-6-11)10-20-13-4-2-3-12(16)9-13/h2-9,14H,10H2,1H3. The molecule has 0 saturated carbocycles. The van der Waals surface area contributed by atoms with Crippen LogP contribution in [0.25, 0.3) is 0 Å². The molecule has 0 bridgehead atoms. The molecule has 0 amide bonds. The van der Waals surface area contributed by atoms with E-state index in [1.165, 1.54) is 7.11 Å². The number of carbonyl (C=O) groups is 1. The summed E-state index contributed by atoms with van der Waals surface area (Å²) in [6.07, 6.45) is 3.26. The predicted molar refractivity (Wildman–Crippen MR) is 75.9 cm³/mol. The molecule has 0 spiro atoms. The molecule has 1 heterocycles. The summed E-state index contributed by atoms with van der Waals surface area (Å²) in [6.45, 7) is 0.178. The van der Waals surface area contributed by atoms with Crippen LogP contribution in [0.5, 0.6) is 5.75 Å². The van der Waals surface area contributed by atoms with Crippen molar-refractivity contribution in [1.82, 2.24) is 4.98 Å². The van der Waals surface area contributed by atoms with E-state index in [0.29, 0.717) is 10.8 Å². The van der Waals surface area contributed by atoms with Gasteiger partial charge in [-0.25, -0.2) is 0 Å². The molecular formula is C15H14ClNO3. The molecule has 2 rings (SSSR count). The van der Waals surface area contributed by atoms with Crippen LogP contribution in [-0.2, 0) is 9.53 Å². The average molecular weight is 292 g/mol. The summed E-state index contributed by atoms with van der Waals surface area (Å²) in [5, 5.41) is 0.584. The van der Waals surface area contributed by atoms with Gasteiger partial charge in [0.15, 0.2) is 0 Å². The summed E-state index contributed by atoms with van der Waals surface area (Å²) in [4.78, 5) is 15.8. The molecule has 20 heavy (non-hydrogen) atoms. The van der Waals surface area contributed by atoms with Gasteiger partial charge < -0.3 is 9.47 Å². The van der Waals surface area contributed by atoms with Crippen LogP contribution in [0.3, 0.4) is 0 Å². The molecule has 0 fully saturated rings. The van der Waals surface area contributed by atoms with Gasteiger partial charge in [0, 0.05) is 17.4 Å². The third kappa shape index (κ3) is 3.71. The Morgan fingerprint density at radius 1 is 1.30 bits per heavy atom. The van der Waals surface area contributed by atoms with E-state index in [2.05, 4.69) is 4.98 Å². The third-order valence-corrected chi connectivity index (χ3v) is 3.04. The lowest BCUT2D eigenvalue weighted by Gasteiger charge is -2.16. The van der Waals surface area contributed by atoms with E-state index in [9.17, 15) is 4.79 Å². The first kappa shape index (κ1) is 14.3. The summed E-state index contributed by atoms with van der Waals surface area (Å²) in [7, 11) is 1.36. The second-order valence-corrected chi connectivity index (χ2v) is 4.56. The summed E-state index contributed by atoms with van der Waals surface area (Å²) in [5.41, 5.74) is 0.800. The minimum atomic E-state index is -0.498. The number of halogens is 1. The molecule has 104 valence electrons. The third-order valence-electron chi connectivity index (χ3n) is 2.81. The summed E-state index contributed by atoms with van der Waals surface area (Å²) in [5.74, 6) is -0.235. The minimum absolute atomic E-state index is 0.178. The van der Waals surface area contributed by atoms with Gasteiger partial charge in [-0.05, 0) is 35.9 Å². The van der Waals surface area contributed by atoms with Crippen LogP contribution >= 0.6 is 11.6 Å². The van der Waals surface area contributed by atoms with E-state index >= 15 is 0 Å². The lowest BCUT2D eigenvalue weighted by Crippen LogP contribution is -2.21. The quantitative estimate of drug-likeness (QED) is 0.794. The summed E-state index contributed by atoms with van der Waals surface area (Å²) in [6, 6.07) is 10.6.